The second-order valence-electron chi connectivity index (χ2n) is 3.91. The van der Waals surface area contributed by atoms with E-state index in [1.54, 1.807) is 0 Å². The molecule has 1 fully saturated rings. The summed E-state index contributed by atoms with van der Waals surface area (Å²) in [6.45, 7) is 0. The van der Waals surface area contributed by atoms with Crippen LogP contribution in [0.15, 0.2) is 28.7 Å². The minimum absolute atomic E-state index is 0.320. The van der Waals surface area contributed by atoms with Gasteiger partial charge in [0.05, 0.1) is 0 Å². The van der Waals surface area contributed by atoms with Crippen LogP contribution in [0, 0.1) is 0 Å². The topological polar surface area (TPSA) is 3.24 Å². The van der Waals surface area contributed by atoms with Crippen LogP contribution in [0.3, 0.4) is 0 Å². The first kappa shape index (κ1) is 9.22. The molecule has 0 amide bonds. The summed E-state index contributed by atoms with van der Waals surface area (Å²) in [6, 6.07) is 8.53. The fourth-order valence-corrected chi connectivity index (χ4v) is 2.57. The number of rotatable bonds is 2. The highest BCUT2D eigenvalue weighted by Gasteiger charge is 2.47. The quantitative estimate of drug-likeness (QED) is 0.768. The van der Waals surface area contributed by atoms with Crippen LogP contribution in [0.1, 0.15) is 18.4 Å². The summed E-state index contributed by atoms with van der Waals surface area (Å²) in [5, 5.41) is 0. The molecule has 1 aromatic carbocycles. The lowest BCUT2D eigenvalue weighted by atomic mass is 10.0. The van der Waals surface area contributed by atoms with E-state index in [9.17, 15) is 0 Å². The minimum atomic E-state index is 0.320. The molecule has 0 heterocycles. The molecule has 13 heavy (non-hydrogen) atoms. The van der Waals surface area contributed by atoms with Gasteiger partial charge >= 0.3 is 0 Å². The molecule has 0 unspecified atom stereocenters. The van der Waals surface area contributed by atoms with Crippen molar-refractivity contribution in [3.63, 3.8) is 0 Å². The van der Waals surface area contributed by atoms with Gasteiger partial charge in [-0.05, 0) is 38.6 Å². The van der Waals surface area contributed by atoms with Crippen molar-refractivity contribution in [2.45, 2.75) is 18.4 Å². The molecule has 0 spiro atoms. The van der Waals surface area contributed by atoms with Crippen molar-refractivity contribution in [1.29, 1.82) is 0 Å². The molecule has 70 valence electrons. The van der Waals surface area contributed by atoms with E-state index in [1.807, 2.05) is 0 Å². The Balaban J connectivity index is 2.41. The maximum absolute atomic E-state index is 3.61. The number of hydrogen-bond donors (Lipinski definition) is 0. The average molecular weight is 240 g/mol. The third-order valence-corrected chi connectivity index (χ3v) is 3.65. The van der Waals surface area contributed by atoms with E-state index >= 15 is 0 Å². The maximum atomic E-state index is 3.61. The molecule has 2 rings (SSSR count). The van der Waals surface area contributed by atoms with Crippen LogP contribution in [-0.4, -0.2) is 19.0 Å². The highest BCUT2D eigenvalue weighted by molar-refractivity contribution is 9.10. The van der Waals surface area contributed by atoms with E-state index in [0.717, 1.165) is 0 Å². The highest BCUT2D eigenvalue weighted by atomic mass is 79.9. The van der Waals surface area contributed by atoms with E-state index in [-0.39, 0.29) is 0 Å². The molecule has 0 saturated heterocycles. The molecule has 1 aromatic rings. The normalized spacial score (nSPS) is 19.1. The van der Waals surface area contributed by atoms with E-state index in [2.05, 4.69) is 59.2 Å². The first-order valence-electron chi connectivity index (χ1n) is 4.59. The van der Waals surface area contributed by atoms with Crippen molar-refractivity contribution in [2.75, 3.05) is 14.1 Å². The van der Waals surface area contributed by atoms with Crippen molar-refractivity contribution in [2.24, 2.45) is 0 Å². The molecule has 0 aliphatic heterocycles. The largest absolute Gasteiger partial charge is 0.300 e. The van der Waals surface area contributed by atoms with E-state index < -0.39 is 0 Å². The van der Waals surface area contributed by atoms with Crippen molar-refractivity contribution in [3.05, 3.63) is 34.3 Å². The second kappa shape index (κ2) is 3.10. The Labute approximate surface area is 87.9 Å². The van der Waals surface area contributed by atoms with Gasteiger partial charge in [-0.1, -0.05) is 34.1 Å². The van der Waals surface area contributed by atoms with Gasteiger partial charge in [0.15, 0.2) is 0 Å². The van der Waals surface area contributed by atoms with Crippen LogP contribution in [-0.2, 0) is 5.54 Å². The van der Waals surface area contributed by atoms with Crippen LogP contribution < -0.4 is 0 Å². The van der Waals surface area contributed by atoms with Gasteiger partial charge in [-0.15, -0.1) is 0 Å². The van der Waals surface area contributed by atoms with Gasteiger partial charge in [0.2, 0.25) is 0 Å². The summed E-state index contributed by atoms with van der Waals surface area (Å²) in [5.41, 5.74) is 1.75. The van der Waals surface area contributed by atoms with Gasteiger partial charge in [0.25, 0.3) is 0 Å². The van der Waals surface area contributed by atoms with Crippen LogP contribution in [0.25, 0.3) is 0 Å². The molecule has 0 atom stereocenters. The van der Waals surface area contributed by atoms with Gasteiger partial charge < -0.3 is 0 Å². The second-order valence-corrected chi connectivity index (χ2v) is 4.76. The van der Waals surface area contributed by atoms with Crippen LogP contribution >= 0.6 is 15.9 Å². The SMILES string of the molecule is CN(C)C1(c2ccccc2Br)CC1. The third kappa shape index (κ3) is 1.42. The zero-order valence-corrected chi connectivity index (χ0v) is 9.63. The van der Waals surface area contributed by atoms with E-state index in [1.165, 1.54) is 22.9 Å². The lowest BCUT2D eigenvalue weighted by Gasteiger charge is -2.25. The number of hydrogen-bond acceptors (Lipinski definition) is 1. The van der Waals surface area contributed by atoms with Crippen molar-refractivity contribution in [1.82, 2.24) is 4.90 Å². The standard InChI is InChI=1S/C11H14BrN/c1-13(2)11(7-8-11)9-5-3-4-6-10(9)12/h3-6H,7-8H2,1-2H3. The molecular weight excluding hydrogens is 226 g/mol. The first-order valence-corrected chi connectivity index (χ1v) is 5.38. The molecule has 0 aromatic heterocycles. The van der Waals surface area contributed by atoms with Crippen molar-refractivity contribution < 1.29 is 0 Å². The predicted molar refractivity (Wildman–Crippen MR) is 58.7 cm³/mol. The number of nitrogens with zero attached hydrogens (tertiary/aromatic N) is 1. The first-order chi connectivity index (χ1) is 6.17. The summed E-state index contributed by atoms with van der Waals surface area (Å²) >= 11 is 3.61. The Morgan fingerprint density at radius 3 is 2.31 bits per heavy atom. The average Bonchev–Trinajstić information content (AvgIpc) is 2.85. The molecule has 0 N–H and O–H groups in total. The molecule has 1 aliphatic carbocycles. The smallest absolute Gasteiger partial charge is 0.0467 e. The fourth-order valence-electron chi connectivity index (χ4n) is 1.91. The van der Waals surface area contributed by atoms with Crippen molar-refractivity contribution in [3.8, 4) is 0 Å². The lowest BCUT2D eigenvalue weighted by molar-refractivity contribution is 0.275. The number of halogens is 1. The summed E-state index contributed by atoms with van der Waals surface area (Å²) in [5.74, 6) is 0. The van der Waals surface area contributed by atoms with E-state index in [0.29, 0.717) is 5.54 Å². The third-order valence-electron chi connectivity index (χ3n) is 2.95. The number of benzene rings is 1. The summed E-state index contributed by atoms with van der Waals surface area (Å²) in [7, 11) is 4.32. The van der Waals surface area contributed by atoms with Crippen LogP contribution in [0.5, 0.6) is 0 Å². The summed E-state index contributed by atoms with van der Waals surface area (Å²) < 4.78 is 1.24. The molecule has 1 saturated carbocycles. The van der Waals surface area contributed by atoms with E-state index in [4.69, 9.17) is 0 Å². The van der Waals surface area contributed by atoms with Gasteiger partial charge in [0.1, 0.15) is 0 Å². The Morgan fingerprint density at radius 1 is 1.23 bits per heavy atom. The minimum Gasteiger partial charge on any atom is -0.300 e. The molecule has 0 radical (unpaired) electrons. The zero-order valence-electron chi connectivity index (χ0n) is 8.05. The molecule has 1 aliphatic rings. The zero-order chi connectivity index (χ0) is 9.47. The highest BCUT2D eigenvalue weighted by Crippen LogP contribution is 2.51. The Bertz CT molecular complexity index is 316. The Morgan fingerprint density at radius 2 is 1.85 bits per heavy atom. The van der Waals surface area contributed by atoms with Gasteiger partial charge in [0, 0.05) is 10.0 Å². The van der Waals surface area contributed by atoms with Crippen LogP contribution in [0.2, 0.25) is 0 Å². The van der Waals surface area contributed by atoms with Gasteiger partial charge in [-0.2, -0.15) is 0 Å². The lowest BCUT2D eigenvalue weighted by Crippen LogP contribution is -2.27. The molecule has 0 bridgehead atoms. The fraction of sp³-hybridized carbons (Fsp3) is 0.455. The molecular formula is C11H14BrN. The summed E-state index contributed by atoms with van der Waals surface area (Å²) in [6.07, 6.45) is 2.56. The monoisotopic (exact) mass is 239 g/mol. The Kier molecular flexibility index (Phi) is 2.20. The van der Waals surface area contributed by atoms with Gasteiger partial charge in [-0.25, -0.2) is 0 Å². The van der Waals surface area contributed by atoms with Crippen molar-refractivity contribution >= 4 is 15.9 Å². The van der Waals surface area contributed by atoms with Crippen LogP contribution in [0.4, 0.5) is 0 Å². The molecule has 2 heteroatoms. The van der Waals surface area contributed by atoms with Gasteiger partial charge in [-0.3, -0.25) is 4.90 Å². The Hall–Kier alpha value is -0.340. The molecule has 1 nitrogen and oxygen atoms in total. The maximum Gasteiger partial charge on any atom is 0.0467 e. The predicted octanol–water partition coefficient (Wildman–Crippen LogP) is 3.00. The summed E-state index contributed by atoms with van der Waals surface area (Å²) in [4.78, 5) is 2.33.